The number of aromatic nitrogens is 1. The molecular weight excluding hydrogens is 903 g/mol. The molecular formula is C46H39NO11S5. The van der Waals surface area contributed by atoms with Crippen LogP contribution in [0, 0.1) is 0 Å². The molecule has 0 amide bonds. The SMILES string of the molecule is CS(=O)(=O)c1ccc(-c2cc(-c3ccc(S(C)(=O)=O)cc3)[n+](-c3cc(-c4ccc(S(C)(=O)=O)cc4)c([O-])c(-c4ccc(S(C)(=O)=O)cc4)c3)c(-c3ccc(S(C)(=O)=O)cc3)c2)cc1. The predicted octanol–water partition coefficient (Wildman–Crippen LogP) is 6.39. The van der Waals surface area contributed by atoms with Gasteiger partial charge in [0.1, 0.15) is 0 Å². The standard InChI is InChI=1S/C46H39NO11S5/c1-59(49,50)37-16-6-30(7-17-37)35-26-44(33-12-22-40(23-13-33)62(4,55)56)47(45(27-35)34-14-24-41(25-15-34)63(5,57)58)36-28-42(31-8-18-38(19-9-31)60(2,51)52)46(48)43(29-36)32-10-20-39(21-11-32)61(3,53)54/h6-29H,1-5H3. The van der Waals surface area contributed by atoms with E-state index in [4.69, 9.17) is 0 Å². The summed E-state index contributed by atoms with van der Waals surface area (Å²) in [4.78, 5) is 0.258. The van der Waals surface area contributed by atoms with E-state index in [9.17, 15) is 47.2 Å². The van der Waals surface area contributed by atoms with Gasteiger partial charge in [0, 0.05) is 66.7 Å². The van der Waals surface area contributed by atoms with Gasteiger partial charge in [-0.15, -0.1) is 0 Å². The van der Waals surface area contributed by atoms with Crippen LogP contribution < -0.4 is 9.67 Å². The Balaban J connectivity index is 1.62. The summed E-state index contributed by atoms with van der Waals surface area (Å²) in [5.41, 5.74) is 4.53. The van der Waals surface area contributed by atoms with Gasteiger partial charge in [0.15, 0.2) is 49.2 Å². The molecule has 0 aliphatic heterocycles. The lowest BCUT2D eigenvalue weighted by molar-refractivity contribution is -0.572. The second-order valence-electron chi connectivity index (χ2n) is 15.2. The maximum absolute atomic E-state index is 14.6. The second kappa shape index (κ2) is 16.3. The van der Waals surface area contributed by atoms with Crippen LogP contribution in [-0.2, 0) is 49.2 Å². The zero-order chi connectivity index (χ0) is 45.9. The third-order valence-corrected chi connectivity index (χ3v) is 16.0. The first kappa shape index (κ1) is 45.1. The minimum absolute atomic E-state index is 0.0284. The Morgan fingerprint density at radius 2 is 0.556 bits per heavy atom. The fourth-order valence-corrected chi connectivity index (χ4v) is 10.2. The minimum Gasteiger partial charge on any atom is -0.872 e. The van der Waals surface area contributed by atoms with Crippen molar-refractivity contribution in [2.75, 3.05) is 31.3 Å². The van der Waals surface area contributed by atoms with E-state index in [1.54, 1.807) is 48.5 Å². The molecule has 7 rings (SSSR count). The largest absolute Gasteiger partial charge is 0.872 e. The lowest BCUT2D eigenvalue weighted by Crippen LogP contribution is -2.36. The van der Waals surface area contributed by atoms with Crippen molar-refractivity contribution in [3.63, 3.8) is 0 Å². The number of sulfone groups is 5. The number of hydrogen-bond donors (Lipinski definition) is 0. The summed E-state index contributed by atoms with van der Waals surface area (Å²) in [5.74, 6) is -0.459. The molecule has 0 spiro atoms. The van der Waals surface area contributed by atoms with E-state index in [-0.39, 0.29) is 35.6 Å². The van der Waals surface area contributed by atoms with E-state index in [0.717, 1.165) is 31.3 Å². The summed E-state index contributed by atoms with van der Waals surface area (Å²) in [6.07, 6.45) is 5.39. The first-order chi connectivity index (χ1) is 29.3. The van der Waals surface area contributed by atoms with Crippen molar-refractivity contribution in [3.05, 3.63) is 146 Å². The van der Waals surface area contributed by atoms with Crippen LogP contribution in [0.2, 0.25) is 0 Å². The molecule has 0 aliphatic carbocycles. The third-order valence-electron chi connectivity index (χ3n) is 10.4. The molecule has 0 fully saturated rings. The highest BCUT2D eigenvalue weighted by Gasteiger charge is 2.28. The van der Waals surface area contributed by atoms with Crippen LogP contribution in [0.3, 0.4) is 0 Å². The Hall–Kier alpha value is -5.98. The van der Waals surface area contributed by atoms with Crippen molar-refractivity contribution in [2.45, 2.75) is 24.5 Å². The Labute approximate surface area is 367 Å². The number of rotatable bonds is 11. The second-order valence-corrected chi connectivity index (χ2v) is 25.3. The number of benzene rings is 6. The van der Waals surface area contributed by atoms with Gasteiger partial charge in [-0.1, -0.05) is 42.1 Å². The van der Waals surface area contributed by atoms with Crippen LogP contribution in [0.1, 0.15) is 0 Å². The molecule has 1 heterocycles. The maximum atomic E-state index is 14.6. The van der Waals surface area contributed by atoms with Crippen molar-refractivity contribution in [3.8, 4) is 67.3 Å². The molecule has 0 saturated carbocycles. The summed E-state index contributed by atoms with van der Waals surface area (Å²) in [6, 6.07) is 37.0. The molecule has 0 unspecified atom stereocenters. The lowest BCUT2D eigenvalue weighted by atomic mass is 9.94. The topological polar surface area (TPSA) is 198 Å². The van der Waals surface area contributed by atoms with E-state index < -0.39 is 54.9 Å². The lowest BCUT2D eigenvalue weighted by Gasteiger charge is -2.21. The van der Waals surface area contributed by atoms with E-state index >= 15 is 0 Å². The summed E-state index contributed by atoms with van der Waals surface area (Å²) >= 11 is 0. The van der Waals surface area contributed by atoms with E-state index in [1.165, 1.54) is 84.9 Å². The van der Waals surface area contributed by atoms with E-state index in [2.05, 4.69) is 0 Å². The highest BCUT2D eigenvalue weighted by atomic mass is 32.2. The van der Waals surface area contributed by atoms with Crippen LogP contribution in [-0.4, -0.2) is 73.4 Å². The van der Waals surface area contributed by atoms with Crippen molar-refractivity contribution in [1.29, 1.82) is 0 Å². The average Bonchev–Trinajstić information content (AvgIpc) is 3.22. The molecule has 0 radical (unpaired) electrons. The molecule has 63 heavy (non-hydrogen) atoms. The van der Waals surface area contributed by atoms with Gasteiger partial charge >= 0.3 is 0 Å². The van der Waals surface area contributed by atoms with Gasteiger partial charge in [0.2, 0.25) is 17.1 Å². The predicted molar refractivity (Wildman–Crippen MR) is 240 cm³/mol. The molecule has 0 aliphatic rings. The number of pyridine rings is 1. The summed E-state index contributed by atoms with van der Waals surface area (Å²) < 4.78 is 127. The Morgan fingerprint density at radius 3 is 0.810 bits per heavy atom. The van der Waals surface area contributed by atoms with Gasteiger partial charge in [0.25, 0.3) is 0 Å². The van der Waals surface area contributed by atoms with Gasteiger partial charge in [-0.25, -0.2) is 42.1 Å². The highest BCUT2D eigenvalue weighted by molar-refractivity contribution is 7.91. The summed E-state index contributed by atoms with van der Waals surface area (Å²) in [5, 5.41) is 14.6. The van der Waals surface area contributed by atoms with E-state index in [1.807, 2.05) is 16.7 Å². The van der Waals surface area contributed by atoms with Crippen molar-refractivity contribution in [1.82, 2.24) is 0 Å². The minimum atomic E-state index is -3.62. The third kappa shape index (κ3) is 9.67. The Kier molecular flexibility index (Phi) is 11.7. The first-order valence-corrected chi connectivity index (χ1v) is 28.2. The smallest absolute Gasteiger partial charge is 0.219 e. The molecule has 324 valence electrons. The van der Waals surface area contributed by atoms with Crippen molar-refractivity contribution in [2.24, 2.45) is 0 Å². The van der Waals surface area contributed by atoms with Crippen LogP contribution in [0.4, 0.5) is 0 Å². The fourth-order valence-electron chi connectivity index (χ4n) is 7.04. The van der Waals surface area contributed by atoms with Gasteiger partial charge in [-0.05, 0) is 118 Å². The van der Waals surface area contributed by atoms with Gasteiger partial charge in [0.05, 0.1) is 24.5 Å². The van der Waals surface area contributed by atoms with Crippen LogP contribution in [0.25, 0.3) is 61.6 Å². The van der Waals surface area contributed by atoms with Crippen molar-refractivity contribution < 1.29 is 51.8 Å². The zero-order valence-electron chi connectivity index (χ0n) is 34.3. The maximum Gasteiger partial charge on any atom is 0.219 e. The fraction of sp³-hybridized carbons (Fsp3) is 0.109. The molecule has 6 aromatic carbocycles. The Morgan fingerprint density at radius 1 is 0.317 bits per heavy atom. The molecule has 12 nitrogen and oxygen atoms in total. The Bertz CT molecular complexity index is 3320. The quantitative estimate of drug-likeness (QED) is 0.130. The summed E-state index contributed by atoms with van der Waals surface area (Å²) in [6.45, 7) is 0. The van der Waals surface area contributed by atoms with Crippen LogP contribution in [0.15, 0.2) is 170 Å². The van der Waals surface area contributed by atoms with Gasteiger partial charge in [-0.3, -0.25) is 0 Å². The molecule has 0 bridgehead atoms. The normalized spacial score (nSPS) is 12.6. The molecule has 17 heteroatoms. The van der Waals surface area contributed by atoms with Gasteiger partial charge < -0.3 is 5.11 Å². The number of hydrogen-bond acceptors (Lipinski definition) is 11. The van der Waals surface area contributed by atoms with Crippen molar-refractivity contribution >= 4 is 49.2 Å². The molecule has 0 saturated heterocycles. The molecule has 0 N–H and O–H groups in total. The zero-order valence-corrected chi connectivity index (χ0v) is 38.4. The molecule has 1 aromatic heterocycles. The highest BCUT2D eigenvalue weighted by Crippen LogP contribution is 2.40. The monoisotopic (exact) mass is 941 g/mol. The molecule has 7 aromatic rings. The molecule has 0 atom stereocenters. The average molecular weight is 942 g/mol. The van der Waals surface area contributed by atoms with E-state index in [0.29, 0.717) is 50.5 Å². The van der Waals surface area contributed by atoms with Crippen LogP contribution >= 0.6 is 0 Å². The summed E-state index contributed by atoms with van der Waals surface area (Å²) in [7, 11) is -18.0. The van der Waals surface area contributed by atoms with Crippen LogP contribution in [0.5, 0.6) is 5.75 Å². The first-order valence-electron chi connectivity index (χ1n) is 18.8. The number of nitrogens with zero attached hydrogens (tertiary/aromatic N) is 1. The van der Waals surface area contributed by atoms with Gasteiger partial charge in [-0.2, -0.15) is 4.57 Å².